The van der Waals surface area contributed by atoms with E-state index >= 15 is 0 Å². The highest BCUT2D eigenvalue weighted by atomic mass is 16.6. The van der Waals surface area contributed by atoms with Crippen molar-refractivity contribution in [2.24, 2.45) is 0 Å². The fraction of sp³-hybridized carbons (Fsp3) is 0.608. The number of carbonyl (C=O) groups excluding carboxylic acids is 3. The lowest BCUT2D eigenvalue weighted by Gasteiger charge is -2.18. The molecule has 0 aromatic rings. The number of rotatable bonds is 57. The van der Waals surface area contributed by atoms with Gasteiger partial charge in [0.25, 0.3) is 0 Å². The van der Waals surface area contributed by atoms with Gasteiger partial charge < -0.3 is 14.2 Å². The predicted octanol–water partition coefficient (Wildman–Crippen LogP) is 22.5. The van der Waals surface area contributed by atoms with Crippen molar-refractivity contribution in [2.75, 3.05) is 13.2 Å². The Morgan fingerprint density at radius 3 is 0.775 bits per heavy atom. The summed E-state index contributed by atoms with van der Waals surface area (Å²) in [5.74, 6) is -0.952. The summed E-state index contributed by atoms with van der Waals surface area (Å²) in [6.45, 7) is 6.36. The normalized spacial score (nSPS) is 13.2. The largest absolute Gasteiger partial charge is 0.462 e. The van der Waals surface area contributed by atoms with E-state index in [1.54, 1.807) is 0 Å². The topological polar surface area (TPSA) is 78.9 Å². The molecule has 0 aromatic carbocycles. The van der Waals surface area contributed by atoms with Crippen molar-refractivity contribution in [3.05, 3.63) is 158 Å². The van der Waals surface area contributed by atoms with Gasteiger partial charge in [0.1, 0.15) is 13.2 Å². The molecular formula is C74H118O6. The van der Waals surface area contributed by atoms with E-state index in [4.69, 9.17) is 14.2 Å². The monoisotopic (exact) mass is 1100 g/mol. The third-order valence-corrected chi connectivity index (χ3v) is 13.2. The lowest BCUT2D eigenvalue weighted by molar-refractivity contribution is -0.167. The van der Waals surface area contributed by atoms with Crippen LogP contribution in [0, 0.1) is 0 Å². The SMILES string of the molecule is CC/C=C\C/C=C\C/C=C\C/C=C\C/C=C\C/C=C\C/C=C\C/C=C\CCCCCCC(=O)OCC(COC(=O)CCCCCCC/C=C\CCCCCCC)OC(=O)CCCCCCCC/C=C\C/C=C\C/C=C\C/C=C\CC. The molecule has 1 atom stereocenters. The van der Waals surface area contributed by atoms with Crippen LogP contribution in [0.25, 0.3) is 0 Å². The van der Waals surface area contributed by atoms with E-state index in [1.165, 1.54) is 57.8 Å². The molecule has 0 N–H and O–H groups in total. The van der Waals surface area contributed by atoms with Gasteiger partial charge in [-0.25, -0.2) is 0 Å². The van der Waals surface area contributed by atoms with Gasteiger partial charge in [-0.05, 0) is 148 Å². The second-order valence-corrected chi connectivity index (χ2v) is 20.9. The number of hydrogen-bond acceptors (Lipinski definition) is 6. The van der Waals surface area contributed by atoms with E-state index in [9.17, 15) is 14.4 Å². The maximum atomic E-state index is 12.9. The minimum atomic E-state index is -0.809. The highest BCUT2D eigenvalue weighted by Crippen LogP contribution is 2.14. The van der Waals surface area contributed by atoms with Gasteiger partial charge in [-0.2, -0.15) is 0 Å². The molecule has 0 radical (unpaired) electrons. The molecule has 0 aliphatic rings. The average molecular weight is 1100 g/mol. The first-order valence-corrected chi connectivity index (χ1v) is 32.5. The van der Waals surface area contributed by atoms with Crippen LogP contribution in [0.5, 0.6) is 0 Å². The van der Waals surface area contributed by atoms with Crippen LogP contribution in [0.4, 0.5) is 0 Å². The molecule has 6 nitrogen and oxygen atoms in total. The Bertz CT molecular complexity index is 1790. The molecule has 0 aliphatic carbocycles. The standard InChI is InChI=1S/C74H118O6/c1-4-7-10-13-16-19-22-25-28-30-32-33-34-35-36-37-38-39-40-41-43-44-46-49-52-55-58-61-64-67-73(76)79-70-71(69-78-72(75)66-63-60-57-54-51-48-27-24-21-18-15-12-9-6-3)80-74(77)68-65-62-59-56-53-50-47-45-42-31-29-26-23-20-17-14-11-8-5-2/h7-8,10-11,16-17,19-20,24-29,32-33,35-36,38-39,41-43,45-46,49,71H,4-6,9,12-15,18,21-23,30-31,34,37,40,44,47-48,50-70H2,1-3H3/b10-7-,11-8-,19-16-,20-17-,27-24-,28-25-,29-26-,33-32-,36-35-,39-38-,43-41-,45-42-,49-46-. The average Bonchev–Trinajstić information content (AvgIpc) is 3.46. The summed E-state index contributed by atoms with van der Waals surface area (Å²) in [5, 5.41) is 0. The van der Waals surface area contributed by atoms with Gasteiger partial charge in [0, 0.05) is 19.3 Å². The number of carbonyl (C=O) groups is 3. The number of unbranched alkanes of at least 4 members (excludes halogenated alkanes) is 20. The van der Waals surface area contributed by atoms with Crippen molar-refractivity contribution in [3.8, 4) is 0 Å². The van der Waals surface area contributed by atoms with Gasteiger partial charge in [-0.3, -0.25) is 14.4 Å². The molecule has 1 unspecified atom stereocenters. The zero-order valence-corrected chi connectivity index (χ0v) is 51.5. The summed E-state index contributed by atoms with van der Waals surface area (Å²) in [6, 6.07) is 0. The summed E-state index contributed by atoms with van der Waals surface area (Å²) < 4.78 is 16.9. The van der Waals surface area contributed by atoms with Gasteiger partial charge in [-0.15, -0.1) is 0 Å². The fourth-order valence-electron chi connectivity index (χ4n) is 8.44. The third-order valence-electron chi connectivity index (χ3n) is 13.2. The van der Waals surface area contributed by atoms with Crippen LogP contribution in [0.15, 0.2) is 158 Å². The molecule has 80 heavy (non-hydrogen) atoms. The van der Waals surface area contributed by atoms with Crippen LogP contribution in [0.1, 0.15) is 271 Å². The number of ether oxygens (including phenoxy) is 3. The van der Waals surface area contributed by atoms with Gasteiger partial charge in [-0.1, -0.05) is 262 Å². The summed E-state index contributed by atoms with van der Waals surface area (Å²) in [7, 11) is 0. The molecule has 0 heterocycles. The molecule has 6 heteroatoms. The lowest BCUT2D eigenvalue weighted by Crippen LogP contribution is -2.30. The van der Waals surface area contributed by atoms with Crippen LogP contribution in [0.2, 0.25) is 0 Å². The molecule has 0 spiro atoms. The van der Waals surface area contributed by atoms with E-state index in [0.29, 0.717) is 19.3 Å². The first-order chi connectivity index (χ1) is 39.5. The number of allylic oxidation sites excluding steroid dienone is 26. The number of hydrogen-bond donors (Lipinski definition) is 0. The van der Waals surface area contributed by atoms with Crippen LogP contribution in [-0.2, 0) is 28.6 Å². The quantitative estimate of drug-likeness (QED) is 0.0261. The van der Waals surface area contributed by atoms with Crippen molar-refractivity contribution in [1.82, 2.24) is 0 Å². The Morgan fingerprint density at radius 1 is 0.263 bits per heavy atom. The highest BCUT2D eigenvalue weighted by Gasteiger charge is 2.19. The molecule has 450 valence electrons. The molecule has 0 amide bonds. The summed E-state index contributed by atoms with van der Waals surface area (Å²) in [5.41, 5.74) is 0. The maximum absolute atomic E-state index is 12.9. The maximum Gasteiger partial charge on any atom is 0.306 e. The van der Waals surface area contributed by atoms with E-state index in [-0.39, 0.29) is 31.1 Å². The molecular weight excluding hydrogens is 985 g/mol. The second-order valence-electron chi connectivity index (χ2n) is 20.9. The second kappa shape index (κ2) is 66.5. The zero-order chi connectivity index (χ0) is 57.8. The molecule has 0 aliphatic heterocycles. The first kappa shape index (κ1) is 75.0. The fourth-order valence-corrected chi connectivity index (χ4v) is 8.44. The summed E-state index contributed by atoms with van der Waals surface area (Å²) in [4.78, 5) is 38.3. The Hall–Kier alpha value is -4.97. The molecule has 0 aromatic heterocycles. The van der Waals surface area contributed by atoms with Crippen LogP contribution in [0.3, 0.4) is 0 Å². The van der Waals surface area contributed by atoms with E-state index in [1.807, 2.05) is 0 Å². The summed E-state index contributed by atoms with van der Waals surface area (Å²) in [6.07, 6.45) is 96.7. The highest BCUT2D eigenvalue weighted by molar-refractivity contribution is 5.71. The Labute approximate surface area is 492 Å². The van der Waals surface area contributed by atoms with Gasteiger partial charge in [0.2, 0.25) is 0 Å². The summed E-state index contributed by atoms with van der Waals surface area (Å²) >= 11 is 0. The Morgan fingerprint density at radius 2 is 0.487 bits per heavy atom. The minimum Gasteiger partial charge on any atom is -0.462 e. The van der Waals surface area contributed by atoms with Crippen LogP contribution >= 0.6 is 0 Å². The van der Waals surface area contributed by atoms with Crippen LogP contribution in [-0.4, -0.2) is 37.2 Å². The van der Waals surface area contributed by atoms with Crippen molar-refractivity contribution in [1.29, 1.82) is 0 Å². The van der Waals surface area contributed by atoms with Gasteiger partial charge in [0.15, 0.2) is 6.10 Å². The molecule has 0 saturated carbocycles. The van der Waals surface area contributed by atoms with E-state index in [2.05, 4.69) is 179 Å². The van der Waals surface area contributed by atoms with E-state index in [0.717, 1.165) is 173 Å². The number of esters is 3. The van der Waals surface area contributed by atoms with Crippen molar-refractivity contribution in [2.45, 2.75) is 277 Å². The van der Waals surface area contributed by atoms with Crippen LogP contribution < -0.4 is 0 Å². The lowest BCUT2D eigenvalue weighted by atomic mass is 10.1. The van der Waals surface area contributed by atoms with Gasteiger partial charge >= 0.3 is 17.9 Å². The third kappa shape index (κ3) is 63.9. The smallest absolute Gasteiger partial charge is 0.306 e. The molecule has 0 fully saturated rings. The van der Waals surface area contributed by atoms with Crippen molar-refractivity contribution in [3.63, 3.8) is 0 Å². The Kier molecular flexibility index (Phi) is 62.4. The van der Waals surface area contributed by atoms with Crippen molar-refractivity contribution >= 4 is 17.9 Å². The zero-order valence-electron chi connectivity index (χ0n) is 51.5. The Balaban J connectivity index is 4.45. The minimum absolute atomic E-state index is 0.102. The predicted molar refractivity (Wildman–Crippen MR) is 348 cm³/mol. The first-order valence-electron chi connectivity index (χ1n) is 32.5. The van der Waals surface area contributed by atoms with Crippen molar-refractivity contribution < 1.29 is 28.6 Å². The molecule has 0 bridgehead atoms. The molecule has 0 saturated heterocycles. The molecule has 0 rings (SSSR count). The van der Waals surface area contributed by atoms with Gasteiger partial charge in [0.05, 0.1) is 0 Å². The van der Waals surface area contributed by atoms with E-state index < -0.39 is 6.10 Å².